The molecule has 0 fully saturated rings. The number of pyridine rings is 1. The summed E-state index contributed by atoms with van der Waals surface area (Å²) < 4.78 is 0.461. The Morgan fingerprint density at radius 1 is 1.47 bits per heavy atom. The fourth-order valence-corrected chi connectivity index (χ4v) is 1.78. The Labute approximate surface area is 95.7 Å². The zero-order chi connectivity index (χ0) is 11.0. The first-order valence-electron chi connectivity index (χ1n) is 4.16. The average Bonchev–Trinajstić information content (AvgIpc) is 2.25. The van der Waals surface area contributed by atoms with Gasteiger partial charge in [0.2, 0.25) is 0 Å². The maximum Gasteiger partial charge on any atom is 0.168 e. The number of phenols is 1. The van der Waals surface area contributed by atoms with Crippen molar-refractivity contribution in [1.82, 2.24) is 4.98 Å². The van der Waals surface area contributed by atoms with Gasteiger partial charge in [-0.1, -0.05) is 17.6 Å². The van der Waals surface area contributed by atoms with E-state index in [1.807, 2.05) is 0 Å². The normalized spacial score (nSPS) is 10.5. The van der Waals surface area contributed by atoms with Gasteiger partial charge < -0.3 is 5.11 Å². The highest BCUT2D eigenvalue weighted by Gasteiger charge is 2.08. The second-order valence-electron chi connectivity index (χ2n) is 3.05. The SMILES string of the molecule is [B]c1cc(Br)c(O)c2nc(C=O)ccc12. The average molecular weight is 262 g/mol. The Kier molecular flexibility index (Phi) is 2.48. The summed E-state index contributed by atoms with van der Waals surface area (Å²) in [4.78, 5) is 14.5. The van der Waals surface area contributed by atoms with E-state index in [0.29, 0.717) is 27.1 Å². The molecule has 0 bridgehead atoms. The second kappa shape index (κ2) is 3.66. The molecule has 5 heteroatoms. The molecule has 1 N–H and O–H groups in total. The summed E-state index contributed by atoms with van der Waals surface area (Å²) in [5.74, 6) is -0.0112. The lowest BCUT2D eigenvalue weighted by molar-refractivity contribution is 0.111. The summed E-state index contributed by atoms with van der Waals surface area (Å²) in [6, 6.07) is 4.81. The largest absolute Gasteiger partial charge is 0.505 e. The van der Waals surface area contributed by atoms with Crippen LogP contribution in [0.25, 0.3) is 10.9 Å². The van der Waals surface area contributed by atoms with Gasteiger partial charge in [0.15, 0.2) is 12.0 Å². The number of benzene rings is 1. The highest BCUT2D eigenvalue weighted by atomic mass is 79.9. The molecule has 0 saturated carbocycles. The molecule has 15 heavy (non-hydrogen) atoms. The molecule has 0 unspecified atom stereocenters. The summed E-state index contributed by atoms with van der Waals surface area (Å²) in [5, 5.41) is 10.3. The van der Waals surface area contributed by atoms with Crippen molar-refractivity contribution in [3.05, 3.63) is 28.4 Å². The third-order valence-corrected chi connectivity index (χ3v) is 2.69. The van der Waals surface area contributed by atoms with E-state index in [0.717, 1.165) is 0 Å². The maximum atomic E-state index is 10.5. The van der Waals surface area contributed by atoms with Gasteiger partial charge in [0.05, 0.1) is 4.47 Å². The van der Waals surface area contributed by atoms with E-state index in [-0.39, 0.29) is 11.4 Å². The Bertz CT molecular complexity index is 557. The van der Waals surface area contributed by atoms with Gasteiger partial charge >= 0.3 is 0 Å². The summed E-state index contributed by atoms with van der Waals surface area (Å²) in [6.07, 6.45) is 0.621. The van der Waals surface area contributed by atoms with Gasteiger partial charge in [0.25, 0.3) is 0 Å². The molecule has 0 aliphatic heterocycles. The van der Waals surface area contributed by atoms with Crippen LogP contribution in [0.4, 0.5) is 0 Å². The lowest BCUT2D eigenvalue weighted by Crippen LogP contribution is -2.05. The van der Waals surface area contributed by atoms with Gasteiger partial charge in [0.1, 0.15) is 19.1 Å². The highest BCUT2D eigenvalue weighted by Crippen LogP contribution is 2.29. The van der Waals surface area contributed by atoms with Crippen LogP contribution in [0.2, 0.25) is 0 Å². The van der Waals surface area contributed by atoms with Gasteiger partial charge in [-0.05, 0) is 27.4 Å². The van der Waals surface area contributed by atoms with Crippen LogP contribution >= 0.6 is 15.9 Å². The second-order valence-corrected chi connectivity index (χ2v) is 3.90. The first-order chi connectivity index (χ1) is 7.13. The standard InChI is InChI=1S/C10H5BBrNO2/c11-7-3-8(12)10(15)9-6(7)2-1-5(4-14)13-9/h1-4,15H. The van der Waals surface area contributed by atoms with Crippen molar-refractivity contribution in [3.63, 3.8) is 0 Å². The molecule has 2 aromatic rings. The zero-order valence-electron chi connectivity index (χ0n) is 7.57. The molecule has 0 amide bonds. The minimum atomic E-state index is -0.0112. The smallest absolute Gasteiger partial charge is 0.168 e. The van der Waals surface area contributed by atoms with Crippen LogP contribution in [0.15, 0.2) is 22.7 Å². The van der Waals surface area contributed by atoms with Gasteiger partial charge in [0, 0.05) is 0 Å². The van der Waals surface area contributed by atoms with Crippen molar-refractivity contribution in [2.45, 2.75) is 0 Å². The van der Waals surface area contributed by atoms with Crippen molar-refractivity contribution >= 4 is 46.4 Å². The van der Waals surface area contributed by atoms with Crippen LogP contribution in [-0.4, -0.2) is 24.2 Å². The van der Waals surface area contributed by atoms with E-state index >= 15 is 0 Å². The molecule has 1 aromatic heterocycles. The quantitative estimate of drug-likeness (QED) is 0.622. The van der Waals surface area contributed by atoms with Crippen LogP contribution in [0.5, 0.6) is 5.75 Å². The summed E-state index contributed by atoms with van der Waals surface area (Å²) in [7, 11) is 5.75. The summed E-state index contributed by atoms with van der Waals surface area (Å²) in [6.45, 7) is 0. The third kappa shape index (κ3) is 1.63. The van der Waals surface area contributed by atoms with E-state index in [4.69, 9.17) is 7.85 Å². The lowest BCUT2D eigenvalue weighted by Gasteiger charge is -2.06. The number of aromatic nitrogens is 1. The van der Waals surface area contributed by atoms with Gasteiger partial charge in [-0.15, -0.1) is 0 Å². The van der Waals surface area contributed by atoms with Gasteiger partial charge in [-0.2, -0.15) is 0 Å². The van der Waals surface area contributed by atoms with Gasteiger partial charge in [-0.25, -0.2) is 4.98 Å². The van der Waals surface area contributed by atoms with Crippen molar-refractivity contribution in [2.24, 2.45) is 0 Å². The minimum absolute atomic E-state index is 0.0112. The predicted octanol–water partition coefficient (Wildman–Crippen LogP) is 1.31. The molecule has 2 radical (unpaired) electrons. The Morgan fingerprint density at radius 2 is 2.20 bits per heavy atom. The molecule has 0 atom stereocenters. The molecule has 72 valence electrons. The fraction of sp³-hybridized carbons (Fsp3) is 0. The van der Waals surface area contributed by atoms with Crippen molar-refractivity contribution < 1.29 is 9.90 Å². The number of hydrogen-bond acceptors (Lipinski definition) is 3. The number of carbonyl (C=O) groups excluding carboxylic acids is 1. The first kappa shape index (κ1) is 10.2. The molecule has 3 nitrogen and oxygen atoms in total. The number of hydrogen-bond donors (Lipinski definition) is 1. The topological polar surface area (TPSA) is 50.2 Å². The van der Waals surface area contributed by atoms with E-state index < -0.39 is 0 Å². The Hall–Kier alpha value is -1.36. The zero-order valence-corrected chi connectivity index (χ0v) is 9.15. The predicted molar refractivity (Wildman–Crippen MR) is 61.9 cm³/mol. The Morgan fingerprint density at radius 3 is 2.87 bits per heavy atom. The molecule has 0 aliphatic rings. The molecule has 0 spiro atoms. The number of halogens is 1. The van der Waals surface area contributed by atoms with E-state index in [1.165, 1.54) is 0 Å². The molecule has 0 saturated heterocycles. The molecule has 0 aliphatic carbocycles. The third-order valence-electron chi connectivity index (χ3n) is 2.08. The van der Waals surface area contributed by atoms with Crippen LogP contribution in [-0.2, 0) is 0 Å². The van der Waals surface area contributed by atoms with Crippen LogP contribution < -0.4 is 5.46 Å². The summed E-state index contributed by atoms with van der Waals surface area (Å²) in [5.41, 5.74) is 1.08. The van der Waals surface area contributed by atoms with Crippen LogP contribution in [0.3, 0.4) is 0 Å². The molecule has 1 heterocycles. The lowest BCUT2D eigenvalue weighted by atomic mass is 9.91. The van der Waals surface area contributed by atoms with Gasteiger partial charge in [-0.3, -0.25) is 4.79 Å². The number of rotatable bonds is 1. The monoisotopic (exact) mass is 261 g/mol. The number of aromatic hydroxyl groups is 1. The van der Waals surface area contributed by atoms with Crippen molar-refractivity contribution in [2.75, 3.05) is 0 Å². The van der Waals surface area contributed by atoms with E-state index in [2.05, 4.69) is 20.9 Å². The first-order valence-corrected chi connectivity index (χ1v) is 4.95. The van der Waals surface area contributed by atoms with E-state index in [9.17, 15) is 9.90 Å². The van der Waals surface area contributed by atoms with Crippen LogP contribution in [0, 0.1) is 0 Å². The fourth-order valence-electron chi connectivity index (χ4n) is 1.35. The van der Waals surface area contributed by atoms with Crippen molar-refractivity contribution in [1.29, 1.82) is 0 Å². The maximum absolute atomic E-state index is 10.5. The number of nitrogens with zero attached hydrogens (tertiary/aromatic N) is 1. The molecule has 2 rings (SSSR count). The number of aldehydes is 1. The molecular formula is C10H5BBrNO2. The summed E-state index contributed by atoms with van der Waals surface area (Å²) >= 11 is 3.16. The number of carbonyl (C=O) groups is 1. The number of phenolic OH excluding ortho intramolecular Hbond substituents is 1. The Balaban J connectivity index is 2.91. The highest BCUT2D eigenvalue weighted by molar-refractivity contribution is 9.10. The molecular weight excluding hydrogens is 257 g/mol. The molecule has 1 aromatic carbocycles. The van der Waals surface area contributed by atoms with Crippen LogP contribution in [0.1, 0.15) is 10.5 Å². The minimum Gasteiger partial charge on any atom is -0.505 e. The van der Waals surface area contributed by atoms with Crippen molar-refractivity contribution in [3.8, 4) is 5.75 Å². The number of fused-ring (bicyclic) bond motifs is 1. The van der Waals surface area contributed by atoms with E-state index in [1.54, 1.807) is 18.2 Å².